The van der Waals surface area contributed by atoms with Crippen molar-refractivity contribution in [2.45, 2.75) is 19.4 Å². The Morgan fingerprint density at radius 2 is 1.70 bits per heavy atom. The molecule has 6 heteroatoms. The predicted molar refractivity (Wildman–Crippen MR) is 76.3 cm³/mol. The quantitative estimate of drug-likeness (QED) is 0.749. The van der Waals surface area contributed by atoms with Crippen molar-refractivity contribution in [1.29, 1.82) is 0 Å². The summed E-state index contributed by atoms with van der Waals surface area (Å²) >= 11 is 0. The molecule has 0 saturated heterocycles. The van der Waals surface area contributed by atoms with Gasteiger partial charge in [0.2, 0.25) is 5.91 Å². The van der Waals surface area contributed by atoms with Crippen molar-refractivity contribution in [2.24, 2.45) is 5.73 Å². The summed E-state index contributed by atoms with van der Waals surface area (Å²) in [6.45, 7) is 2.66. The van der Waals surface area contributed by atoms with Crippen molar-refractivity contribution in [2.75, 3.05) is 27.9 Å². The number of benzene rings is 1. The second kappa shape index (κ2) is 7.59. The number of nitrogens with two attached hydrogens (primary N) is 1. The van der Waals surface area contributed by atoms with E-state index in [0.29, 0.717) is 23.8 Å². The summed E-state index contributed by atoms with van der Waals surface area (Å²) in [7, 11) is 4.69. The molecule has 0 fully saturated rings. The lowest BCUT2D eigenvalue weighted by molar-refractivity contribution is -0.118. The Balaban J connectivity index is 3.27. The highest BCUT2D eigenvalue weighted by Crippen LogP contribution is 2.38. The summed E-state index contributed by atoms with van der Waals surface area (Å²) in [4.78, 5) is 11.2. The van der Waals surface area contributed by atoms with Crippen LogP contribution < -0.4 is 25.3 Å². The number of carbonyl (C=O) groups is 1. The molecular weight excluding hydrogens is 260 g/mol. The number of hydrogen-bond acceptors (Lipinski definition) is 5. The third-order valence-corrected chi connectivity index (χ3v) is 2.97. The van der Waals surface area contributed by atoms with Crippen LogP contribution in [-0.4, -0.2) is 33.8 Å². The molecule has 0 saturated carbocycles. The van der Waals surface area contributed by atoms with Crippen LogP contribution in [0.1, 0.15) is 24.9 Å². The van der Waals surface area contributed by atoms with Gasteiger partial charge >= 0.3 is 0 Å². The van der Waals surface area contributed by atoms with Gasteiger partial charge in [0.05, 0.1) is 21.3 Å². The Bertz CT molecular complexity index is 463. The molecule has 0 heterocycles. The van der Waals surface area contributed by atoms with Gasteiger partial charge in [-0.25, -0.2) is 0 Å². The number of ether oxygens (including phenoxy) is 3. The van der Waals surface area contributed by atoms with E-state index in [1.54, 1.807) is 33.5 Å². The number of methoxy groups -OCH3 is 3. The van der Waals surface area contributed by atoms with Crippen molar-refractivity contribution in [1.82, 2.24) is 5.32 Å². The minimum Gasteiger partial charge on any atom is -0.496 e. The lowest BCUT2D eigenvalue weighted by Crippen LogP contribution is -2.27. The van der Waals surface area contributed by atoms with Crippen LogP contribution in [0, 0.1) is 0 Å². The summed E-state index contributed by atoms with van der Waals surface area (Å²) < 4.78 is 15.9. The fraction of sp³-hybridized carbons (Fsp3) is 0.500. The van der Waals surface area contributed by atoms with Crippen molar-refractivity contribution < 1.29 is 19.0 Å². The average molecular weight is 282 g/mol. The summed E-state index contributed by atoms with van der Waals surface area (Å²) in [6, 6.07) is 3.31. The van der Waals surface area contributed by atoms with Gasteiger partial charge in [-0.05, 0) is 12.6 Å². The third kappa shape index (κ3) is 3.77. The molecule has 1 amide bonds. The smallest absolute Gasteiger partial charge is 0.219 e. The zero-order chi connectivity index (χ0) is 15.1. The van der Waals surface area contributed by atoms with E-state index in [1.165, 1.54) is 0 Å². The highest BCUT2D eigenvalue weighted by atomic mass is 16.5. The predicted octanol–water partition coefficient (Wildman–Crippen LogP) is 1.24. The Kier molecular flexibility index (Phi) is 6.11. The fourth-order valence-electron chi connectivity index (χ4n) is 2.06. The van der Waals surface area contributed by atoms with Gasteiger partial charge in [-0.3, -0.25) is 4.79 Å². The number of nitrogens with one attached hydrogen (secondary N) is 1. The maximum Gasteiger partial charge on any atom is 0.219 e. The first-order valence-corrected chi connectivity index (χ1v) is 6.38. The van der Waals surface area contributed by atoms with Gasteiger partial charge < -0.3 is 25.3 Å². The van der Waals surface area contributed by atoms with Crippen LogP contribution in [0.3, 0.4) is 0 Å². The molecule has 6 nitrogen and oxygen atoms in total. The van der Waals surface area contributed by atoms with Crippen LogP contribution in [0.25, 0.3) is 0 Å². The van der Waals surface area contributed by atoms with Crippen LogP contribution in [0.15, 0.2) is 12.1 Å². The van der Waals surface area contributed by atoms with Crippen LogP contribution in [0.5, 0.6) is 17.2 Å². The van der Waals surface area contributed by atoms with Gasteiger partial charge in [0.1, 0.15) is 5.75 Å². The highest BCUT2D eigenvalue weighted by Gasteiger charge is 2.21. The topological polar surface area (TPSA) is 82.8 Å². The molecule has 1 aromatic rings. The van der Waals surface area contributed by atoms with Crippen LogP contribution >= 0.6 is 0 Å². The Morgan fingerprint density at radius 3 is 2.15 bits per heavy atom. The molecular formula is C14H22N2O4. The van der Waals surface area contributed by atoms with E-state index in [9.17, 15) is 4.79 Å². The number of rotatable bonds is 8. The molecule has 3 N–H and O–H groups in total. The standard InChI is InChI=1S/C14H22N2O4/c1-5-16-10(7-14(15)17)9-6-12(19-3)13(20-4)8-11(9)18-2/h6,8,10,16H,5,7H2,1-4H3,(H2,15,17). The van der Waals surface area contributed by atoms with Crippen molar-refractivity contribution in [3.05, 3.63) is 17.7 Å². The van der Waals surface area contributed by atoms with E-state index in [1.807, 2.05) is 6.92 Å². The number of hydrogen-bond donors (Lipinski definition) is 2. The highest BCUT2D eigenvalue weighted by molar-refractivity contribution is 5.75. The summed E-state index contributed by atoms with van der Waals surface area (Å²) in [5.41, 5.74) is 6.11. The summed E-state index contributed by atoms with van der Waals surface area (Å²) in [6.07, 6.45) is 0.180. The first kappa shape index (κ1) is 16.1. The summed E-state index contributed by atoms with van der Waals surface area (Å²) in [5, 5.41) is 3.22. The lowest BCUT2D eigenvalue weighted by atomic mass is 10.0. The van der Waals surface area contributed by atoms with Crippen molar-refractivity contribution >= 4 is 5.91 Å². The lowest BCUT2D eigenvalue weighted by Gasteiger charge is -2.21. The van der Waals surface area contributed by atoms with Crippen molar-refractivity contribution in [3.8, 4) is 17.2 Å². The van der Waals surface area contributed by atoms with E-state index in [2.05, 4.69) is 5.32 Å². The maximum atomic E-state index is 11.2. The van der Waals surface area contributed by atoms with E-state index < -0.39 is 0 Å². The zero-order valence-corrected chi connectivity index (χ0v) is 12.4. The molecule has 112 valence electrons. The third-order valence-electron chi connectivity index (χ3n) is 2.97. The Hall–Kier alpha value is -1.95. The SMILES string of the molecule is CCNC(CC(N)=O)c1cc(OC)c(OC)cc1OC. The van der Waals surface area contributed by atoms with Gasteiger partial charge in [-0.15, -0.1) is 0 Å². The van der Waals surface area contributed by atoms with Crippen LogP contribution in [-0.2, 0) is 4.79 Å². The zero-order valence-electron chi connectivity index (χ0n) is 12.4. The molecule has 0 aromatic heterocycles. The molecule has 0 radical (unpaired) electrons. The number of primary amides is 1. The molecule has 0 aliphatic heterocycles. The fourth-order valence-corrected chi connectivity index (χ4v) is 2.06. The van der Waals surface area contributed by atoms with E-state index in [-0.39, 0.29) is 18.4 Å². The number of carbonyl (C=O) groups excluding carboxylic acids is 1. The maximum absolute atomic E-state index is 11.2. The molecule has 1 aromatic carbocycles. The molecule has 0 spiro atoms. The molecule has 1 rings (SSSR count). The normalized spacial score (nSPS) is 11.8. The van der Waals surface area contributed by atoms with Gasteiger partial charge in [0.25, 0.3) is 0 Å². The van der Waals surface area contributed by atoms with E-state index in [0.717, 1.165) is 5.56 Å². The molecule has 1 atom stereocenters. The first-order chi connectivity index (χ1) is 9.57. The monoisotopic (exact) mass is 282 g/mol. The van der Waals surface area contributed by atoms with E-state index in [4.69, 9.17) is 19.9 Å². The molecule has 0 aliphatic rings. The molecule has 0 bridgehead atoms. The summed E-state index contributed by atoms with van der Waals surface area (Å²) in [5.74, 6) is 1.39. The largest absolute Gasteiger partial charge is 0.496 e. The number of amides is 1. The first-order valence-electron chi connectivity index (χ1n) is 6.38. The van der Waals surface area contributed by atoms with Gasteiger partial charge in [-0.2, -0.15) is 0 Å². The van der Waals surface area contributed by atoms with Crippen LogP contribution in [0.2, 0.25) is 0 Å². The molecule has 20 heavy (non-hydrogen) atoms. The Morgan fingerprint density at radius 1 is 1.15 bits per heavy atom. The van der Waals surface area contributed by atoms with Gasteiger partial charge in [0.15, 0.2) is 11.5 Å². The molecule has 1 unspecified atom stereocenters. The average Bonchev–Trinajstić information content (AvgIpc) is 2.44. The minimum atomic E-state index is -0.382. The minimum absolute atomic E-state index is 0.180. The van der Waals surface area contributed by atoms with Gasteiger partial charge in [0, 0.05) is 24.1 Å². The van der Waals surface area contributed by atoms with E-state index >= 15 is 0 Å². The van der Waals surface area contributed by atoms with Crippen molar-refractivity contribution in [3.63, 3.8) is 0 Å². The second-order valence-electron chi connectivity index (χ2n) is 4.23. The second-order valence-corrected chi connectivity index (χ2v) is 4.23. The van der Waals surface area contributed by atoms with Crippen LogP contribution in [0.4, 0.5) is 0 Å². The van der Waals surface area contributed by atoms with Gasteiger partial charge in [-0.1, -0.05) is 6.92 Å². The molecule has 0 aliphatic carbocycles. The Labute approximate surface area is 119 Å².